The Kier molecular flexibility index (Phi) is 2.89. The van der Waals surface area contributed by atoms with E-state index >= 15 is 0 Å². The van der Waals surface area contributed by atoms with Gasteiger partial charge in [-0.15, -0.1) is 12.6 Å². The summed E-state index contributed by atoms with van der Waals surface area (Å²) in [6, 6.07) is 3.43. The minimum atomic E-state index is -0.807. The molecule has 0 spiro atoms. The molecule has 0 fully saturated rings. The molecule has 0 aliphatic rings. The van der Waals surface area contributed by atoms with E-state index in [4.69, 9.17) is 4.42 Å². The van der Waals surface area contributed by atoms with E-state index in [9.17, 15) is 14.0 Å². The highest BCUT2D eigenvalue weighted by molar-refractivity contribution is 7.80. The summed E-state index contributed by atoms with van der Waals surface area (Å²) >= 11 is 3.89. The monoisotopic (exact) mass is 254 g/mol. The van der Waals surface area contributed by atoms with Crippen LogP contribution in [0.4, 0.5) is 4.39 Å². The molecule has 0 aliphatic heterocycles. The maximum Gasteiger partial charge on any atom is 0.375 e. The fourth-order valence-electron chi connectivity index (χ4n) is 1.39. The lowest BCUT2D eigenvalue weighted by Gasteiger charge is -2.04. The molecule has 6 heteroatoms. The van der Waals surface area contributed by atoms with Crippen LogP contribution < -0.4 is 5.43 Å². The molecule has 1 aromatic carbocycles. The number of hydrogen-bond acceptors (Lipinski definition) is 5. The first-order chi connectivity index (χ1) is 8.04. The minimum absolute atomic E-state index is 0.0302. The van der Waals surface area contributed by atoms with E-state index in [-0.39, 0.29) is 21.6 Å². The standard InChI is InChI=1S/C11H7FO4S/c1-15-11(14)9-10(17)8(13)6-4-5(12)2-3-7(6)16-9/h2-4,17H,1H3. The van der Waals surface area contributed by atoms with Crippen LogP contribution in [0.15, 0.2) is 32.3 Å². The van der Waals surface area contributed by atoms with E-state index < -0.39 is 17.2 Å². The average Bonchev–Trinajstić information content (AvgIpc) is 2.33. The Labute approximate surface area is 100 Å². The molecular weight excluding hydrogens is 247 g/mol. The van der Waals surface area contributed by atoms with Crippen molar-refractivity contribution in [2.24, 2.45) is 0 Å². The molecule has 1 aromatic heterocycles. The first-order valence-electron chi connectivity index (χ1n) is 4.58. The van der Waals surface area contributed by atoms with Crippen LogP contribution in [0, 0.1) is 5.82 Å². The number of thiol groups is 1. The van der Waals surface area contributed by atoms with Gasteiger partial charge in [-0.3, -0.25) is 4.79 Å². The molecule has 1 heterocycles. The van der Waals surface area contributed by atoms with E-state index in [1.807, 2.05) is 0 Å². The van der Waals surface area contributed by atoms with Gasteiger partial charge in [0, 0.05) is 0 Å². The van der Waals surface area contributed by atoms with Gasteiger partial charge in [-0.05, 0) is 18.2 Å². The smallest absolute Gasteiger partial charge is 0.375 e. The van der Waals surface area contributed by atoms with Crippen LogP contribution in [0.1, 0.15) is 10.6 Å². The number of hydrogen-bond donors (Lipinski definition) is 1. The molecule has 88 valence electrons. The molecule has 17 heavy (non-hydrogen) atoms. The Bertz CT molecular complexity index is 662. The summed E-state index contributed by atoms with van der Waals surface area (Å²) in [6.45, 7) is 0. The second-order valence-electron chi connectivity index (χ2n) is 3.24. The van der Waals surface area contributed by atoms with Crippen LogP contribution in [0.3, 0.4) is 0 Å². The predicted octanol–water partition coefficient (Wildman–Crippen LogP) is 2.01. The number of carbonyl (C=O) groups excluding carboxylic acids is 1. The Hall–Kier alpha value is -1.82. The lowest BCUT2D eigenvalue weighted by molar-refractivity contribution is 0.0559. The molecule has 0 saturated heterocycles. The third-order valence-corrected chi connectivity index (χ3v) is 2.61. The van der Waals surface area contributed by atoms with Crippen LogP contribution in [0.5, 0.6) is 0 Å². The van der Waals surface area contributed by atoms with Gasteiger partial charge in [0.05, 0.1) is 12.5 Å². The highest BCUT2D eigenvalue weighted by Gasteiger charge is 2.18. The number of esters is 1. The molecule has 2 rings (SSSR count). The second-order valence-corrected chi connectivity index (χ2v) is 3.69. The van der Waals surface area contributed by atoms with Crippen LogP contribution in [-0.4, -0.2) is 13.1 Å². The number of halogens is 1. The topological polar surface area (TPSA) is 56.5 Å². The highest BCUT2D eigenvalue weighted by atomic mass is 32.1. The van der Waals surface area contributed by atoms with Crippen molar-refractivity contribution in [3.63, 3.8) is 0 Å². The van der Waals surface area contributed by atoms with Gasteiger partial charge in [-0.25, -0.2) is 9.18 Å². The minimum Gasteiger partial charge on any atom is -0.463 e. The summed E-state index contributed by atoms with van der Waals surface area (Å²) in [4.78, 5) is 22.9. The van der Waals surface area contributed by atoms with Crippen LogP contribution in [0.2, 0.25) is 0 Å². The molecule has 0 radical (unpaired) electrons. The molecule has 0 saturated carbocycles. The summed E-state index contributed by atoms with van der Waals surface area (Å²) in [5.74, 6) is -1.67. The number of benzene rings is 1. The number of ether oxygens (including phenoxy) is 1. The first kappa shape index (κ1) is 11.7. The van der Waals surface area contributed by atoms with E-state index in [1.54, 1.807) is 0 Å². The van der Waals surface area contributed by atoms with Crippen LogP contribution in [0.25, 0.3) is 11.0 Å². The maximum atomic E-state index is 13.0. The van der Waals surface area contributed by atoms with Gasteiger partial charge >= 0.3 is 5.97 Å². The van der Waals surface area contributed by atoms with Gasteiger partial charge in [0.15, 0.2) is 0 Å². The molecule has 0 N–H and O–H groups in total. The van der Waals surface area contributed by atoms with E-state index in [2.05, 4.69) is 17.4 Å². The Balaban J connectivity index is 2.84. The Morgan fingerprint density at radius 1 is 1.47 bits per heavy atom. The van der Waals surface area contributed by atoms with Gasteiger partial charge in [0.25, 0.3) is 0 Å². The fraction of sp³-hybridized carbons (Fsp3) is 0.0909. The van der Waals surface area contributed by atoms with Gasteiger partial charge in [0.2, 0.25) is 11.2 Å². The zero-order chi connectivity index (χ0) is 12.6. The van der Waals surface area contributed by atoms with Gasteiger partial charge < -0.3 is 9.15 Å². The molecule has 0 unspecified atom stereocenters. The lowest BCUT2D eigenvalue weighted by Crippen LogP contribution is -2.12. The zero-order valence-electron chi connectivity index (χ0n) is 8.69. The van der Waals surface area contributed by atoms with E-state index in [1.165, 1.54) is 6.07 Å². The van der Waals surface area contributed by atoms with Crippen molar-refractivity contribution in [3.05, 3.63) is 40.0 Å². The van der Waals surface area contributed by atoms with Crippen LogP contribution in [-0.2, 0) is 4.74 Å². The quantitative estimate of drug-likeness (QED) is 0.624. The zero-order valence-corrected chi connectivity index (χ0v) is 9.58. The molecule has 0 atom stereocenters. The largest absolute Gasteiger partial charge is 0.463 e. The Morgan fingerprint density at radius 3 is 2.82 bits per heavy atom. The van der Waals surface area contributed by atoms with Crippen LogP contribution >= 0.6 is 12.6 Å². The Morgan fingerprint density at radius 2 is 2.18 bits per heavy atom. The average molecular weight is 254 g/mol. The van der Waals surface area contributed by atoms with E-state index in [0.29, 0.717) is 0 Å². The summed E-state index contributed by atoms with van der Waals surface area (Å²) in [7, 11) is 1.16. The summed E-state index contributed by atoms with van der Waals surface area (Å²) in [6.07, 6.45) is 0. The highest BCUT2D eigenvalue weighted by Crippen LogP contribution is 2.19. The van der Waals surface area contributed by atoms with Crippen molar-refractivity contribution in [1.29, 1.82) is 0 Å². The SMILES string of the molecule is COC(=O)c1oc2ccc(F)cc2c(=O)c1S. The molecule has 4 nitrogen and oxygen atoms in total. The van der Waals surface area contributed by atoms with Crippen molar-refractivity contribution in [3.8, 4) is 0 Å². The number of carbonyl (C=O) groups is 1. The van der Waals surface area contributed by atoms with Crippen molar-refractivity contribution < 1.29 is 18.3 Å². The molecular formula is C11H7FO4S. The number of methoxy groups -OCH3 is 1. The van der Waals surface area contributed by atoms with Crippen molar-refractivity contribution in [2.75, 3.05) is 7.11 Å². The third kappa shape index (κ3) is 1.91. The van der Waals surface area contributed by atoms with Crippen molar-refractivity contribution >= 4 is 29.6 Å². The van der Waals surface area contributed by atoms with E-state index in [0.717, 1.165) is 19.2 Å². The van der Waals surface area contributed by atoms with Gasteiger partial charge in [0.1, 0.15) is 16.3 Å². The summed E-state index contributed by atoms with van der Waals surface area (Å²) in [5, 5.41) is 0.0302. The number of rotatable bonds is 1. The van der Waals surface area contributed by atoms with Crippen molar-refractivity contribution in [1.82, 2.24) is 0 Å². The molecule has 2 aromatic rings. The fourth-order valence-corrected chi connectivity index (χ4v) is 1.65. The molecule has 0 aliphatic carbocycles. The first-order valence-corrected chi connectivity index (χ1v) is 5.03. The number of fused-ring (bicyclic) bond motifs is 1. The molecule has 0 bridgehead atoms. The second kappa shape index (κ2) is 4.21. The van der Waals surface area contributed by atoms with Gasteiger partial charge in [-0.2, -0.15) is 0 Å². The summed E-state index contributed by atoms with van der Waals surface area (Å²) < 4.78 is 22.6. The normalized spacial score (nSPS) is 10.5. The summed E-state index contributed by atoms with van der Waals surface area (Å²) in [5.41, 5.74) is -0.468. The van der Waals surface area contributed by atoms with Crippen molar-refractivity contribution in [2.45, 2.75) is 4.90 Å². The molecule has 0 amide bonds. The predicted molar refractivity (Wildman–Crippen MR) is 61.0 cm³/mol. The van der Waals surface area contributed by atoms with Gasteiger partial charge in [-0.1, -0.05) is 0 Å². The lowest BCUT2D eigenvalue weighted by atomic mass is 10.2. The maximum absolute atomic E-state index is 13.0. The third-order valence-electron chi connectivity index (χ3n) is 2.20.